The first kappa shape index (κ1) is 19.1. The average Bonchev–Trinajstić information content (AvgIpc) is 2.75. The number of urea groups is 1. The molecule has 2 rings (SSSR count). The Morgan fingerprint density at radius 1 is 1.28 bits per heavy atom. The number of amides is 4. The van der Waals surface area contributed by atoms with E-state index in [2.05, 4.69) is 10.6 Å². The quantitative estimate of drug-likeness (QED) is 0.543. The lowest BCUT2D eigenvalue weighted by Crippen LogP contribution is -2.40. The van der Waals surface area contributed by atoms with E-state index in [4.69, 9.17) is 16.3 Å². The van der Waals surface area contributed by atoms with Gasteiger partial charge in [0, 0.05) is 18.0 Å². The van der Waals surface area contributed by atoms with E-state index in [-0.39, 0.29) is 24.8 Å². The van der Waals surface area contributed by atoms with Gasteiger partial charge in [0.25, 0.3) is 5.91 Å². The van der Waals surface area contributed by atoms with Crippen molar-refractivity contribution in [3.63, 3.8) is 0 Å². The predicted molar refractivity (Wildman–Crippen MR) is 93.5 cm³/mol. The summed E-state index contributed by atoms with van der Waals surface area (Å²) < 4.78 is 5.47. The predicted octanol–water partition coefficient (Wildman–Crippen LogP) is 1.95. The number of benzene rings is 1. The highest BCUT2D eigenvalue weighted by molar-refractivity contribution is 6.30. The second kappa shape index (κ2) is 8.20. The lowest BCUT2D eigenvalue weighted by atomic mass is 10.1. The number of halogens is 1. The molecule has 7 nitrogen and oxygen atoms in total. The molecule has 0 aromatic heterocycles. The molecule has 1 aromatic rings. The maximum atomic E-state index is 12.0. The first-order valence-electron chi connectivity index (χ1n) is 8.09. The molecule has 0 unspecified atom stereocenters. The number of ether oxygens (including phenoxy) is 1. The summed E-state index contributed by atoms with van der Waals surface area (Å²) in [5, 5.41) is 5.97. The van der Waals surface area contributed by atoms with Crippen molar-refractivity contribution in [1.29, 1.82) is 0 Å². The Morgan fingerprint density at radius 3 is 2.56 bits per heavy atom. The number of imide groups is 1. The smallest absolute Gasteiger partial charge is 0.325 e. The van der Waals surface area contributed by atoms with Crippen LogP contribution in [0.4, 0.5) is 4.79 Å². The van der Waals surface area contributed by atoms with Crippen LogP contribution >= 0.6 is 11.6 Å². The van der Waals surface area contributed by atoms with Gasteiger partial charge in [-0.3, -0.25) is 14.5 Å². The standard InChI is InChI=1S/C17H22ClN3O4/c1-17(2)15(23)21(16(24)20-17)10-3-4-14(22)19-9-11-25-13-7-5-12(18)6-8-13/h5-8H,3-4,9-11H2,1-2H3,(H,19,22)(H,20,24). The van der Waals surface area contributed by atoms with Crippen LogP contribution in [0.5, 0.6) is 5.75 Å². The molecule has 1 aliphatic rings. The molecule has 0 spiro atoms. The van der Waals surface area contributed by atoms with E-state index in [0.29, 0.717) is 30.3 Å². The van der Waals surface area contributed by atoms with Crippen LogP contribution in [0.25, 0.3) is 0 Å². The summed E-state index contributed by atoms with van der Waals surface area (Å²) >= 11 is 5.78. The number of hydrogen-bond acceptors (Lipinski definition) is 4. The van der Waals surface area contributed by atoms with Gasteiger partial charge in [-0.05, 0) is 44.5 Å². The molecule has 8 heteroatoms. The maximum absolute atomic E-state index is 12.0. The topological polar surface area (TPSA) is 87.7 Å². The van der Waals surface area contributed by atoms with Crippen LogP contribution in [-0.2, 0) is 9.59 Å². The normalized spacial score (nSPS) is 15.9. The van der Waals surface area contributed by atoms with Gasteiger partial charge in [-0.25, -0.2) is 4.79 Å². The molecule has 0 bridgehead atoms. The largest absolute Gasteiger partial charge is 0.492 e. The van der Waals surface area contributed by atoms with E-state index >= 15 is 0 Å². The number of nitrogens with zero attached hydrogens (tertiary/aromatic N) is 1. The zero-order valence-electron chi connectivity index (χ0n) is 14.3. The number of nitrogens with one attached hydrogen (secondary N) is 2. The second-order valence-electron chi connectivity index (χ2n) is 6.27. The van der Waals surface area contributed by atoms with E-state index in [1.807, 2.05) is 0 Å². The Balaban J connectivity index is 1.60. The van der Waals surface area contributed by atoms with E-state index in [9.17, 15) is 14.4 Å². The highest BCUT2D eigenvalue weighted by Crippen LogP contribution is 2.17. The summed E-state index contributed by atoms with van der Waals surface area (Å²) in [5.41, 5.74) is -0.877. The van der Waals surface area contributed by atoms with Crippen LogP contribution < -0.4 is 15.4 Å². The Kier molecular flexibility index (Phi) is 6.25. The zero-order valence-corrected chi connectivity index (χ0v) is 15.1. The minimum absolute atomic E-state index is 0.147. The van der Waals surface area contributed by atoms with Gasteiger partial charge >= 0.3 is 6.03 Å². The Bertz CT molecular complexity index is 646. The van der Waals surface area contributed by atoms with Gasteiger partial charge in [0.2, 0.25) is 5.91 Å². The average molecular weight is 368 g/mol. The first-order valence-corrected chi connectivity index (χ1v) is 8.46. The second-order valence-corrected chi connectivity index (χ2v) is 6.70. The van der Waals surface area contributed by atoms with E-state index in [1.54, 1.807) is 38.1 Å². The molecule has 25 heavy (non-hydrogen) atoms. The Labute approximate surface area is 151 Å². The molecule has 4 amide bonds. The number of carbonyl (C=O) groups is 3. The van der Waals surface area contributed by atoms with Gasteiger partial charge in [-0.1, -0.05) is 11.6 Å². The summed E-state index contributed by atoms with van der Waals surface area (Å²) in [6.07, 6.45) is 0.650. The van der Waals surface area contributed by atoms with Crippen LogP contribution in [-0.4, -0.2) is 48.0 Å². The van der Waals surface area contributed by atoms with Crippen molar-refractivity contribution >= 4 is 29.4 Å². The monoisotopic (exact) mass is 367 g/mol. The third-order valence-corrected chi connectivity index (χ3v) is 3.99. The van der Waals surface area contributed by atoms with Gasteiger partial charge in [-0.2, -0.15) is 0 Å². The van der Waals surface area contributed by atoms with Crippen molar-refractivity contribution in [3.05, 3.63) is 29.3 Å². The lowest BCUT2D eigenvalue weighted by molar-refractivity contribution is -0.130. The van der Waals surface area contributed by atoms with Crippen LogP contribution in [0, 0.1) is 0 Å². The molecule has 1 aliphatic heterocycles. The summed E-state index contributed by atoms with van der Waals surface area (Å²) in [5.74, 6) is 0.264. The SMILES string of the molecule is CC1(C)NC(=O)N(CCCC(=O)NCCOc2ccc(Cl)cc2)C1=O. The minimum Gasteiger partial charge on any atom is -0.492 e. The molecule has 1 aromatic carbocycles. The van der Waals surface area contributed by atoms with Gasteiger partial charge < -0.3 is 15.4 Å². The lowest BCUT2D eigenvalue weighted by Gasteiger charge is -2.15. The van der Waals surface area contributed by atoms with Gasteiger partial charge in [0.1, 0.15) is 17.9 Å². The molecule has 1 heterocycles. The number of rotatable bonds is 8. The van der Waals surface area contributed by atoms with Gasteiger partial charge in [0.05, 0.1) is 6.54 Å². The van der Waals surface area contributed by atoms with Crippen molar-refractivity contribution in [1.82, 2.24) is 15.5 Å². The molecule has 0 aliphatic carbocycles. The molecule has 0 atom stereocenters. The number of carbonyl (C=O) groups excluding carboxylic acids is 3. The van der Waals surface area contributed by atoms with E-state index < -0.39 is 11.6 Å². The Hall–Kier alpha value is -2.28. The molecule has 1 fully saturated rings. The van der Waals surface area contributed by atoms with E-state index in [1.165, 1.54) is 0 Å². The van der Waals surface area contributed by atoms with Crippen molar-refractivity contribution in [2.24, 2.45) is 0 Å². The molecule has 0 saturated carbocycles. The summed E-state index contributed by atoms with van der Waals surface area (Å²) in [7, 11) is 0. The number of hydrogen-bond donors (Lipinski definition) is 2. The third kappa shape index (κ3) is 5.35. The molecule has 1 saturated heterocycles. The van der Waals surface area contributed by atoms with Crippen molar-refractivity contribution < 1.29 is 19.1 Å². The van der Waals surface area contributed by atoms with Crippen LogP contribution in [0.15, 0.2) is 24.3 Å². The molecular formula is C17H22ClN3O4. The first-order chi connectivity index (χ1) is 11.8. The van der Waals surface area contributed by atoms with Crippen LogP contribution in [0.1, 0.15) is 26.7 Å². The summed E-state index contributed by atoms with van der Waals surface area (Å²) in [6, 6.07) is 6.55. The highest BCUT2D eigenvalue weighted by atomic mass is 35.5. The van der Waals surface area contributed by atoms with Crippen molar-refractivity contribution in [2.45, 2.75) is 32.2 Å². The van der Waals surface area contributed by atoms with Crippen LogP contribution in [0.2, 0.25) is 5.02 Å². The third-order valence-electron chi connectivity index (χ3n) is 3.74. The van der Waals surface area contributed by atoms with Crippen molar-refractivity contribution in [3.8, 4) is 5.75 Å². The summed E-state index contributed by atoms with van der Waals surface area (Å²) in [4.78, 5) is 36.6. The van der Waals surface area contributed by atoms with Gasteiger partial charge in [-0.15, -0.1) is 0 Å². The molecular weight excluding hydrogens is 346 g/mol. The van der Waals surface area contributed by atoms with Crippen molar-refractivity contribution in [2.75, 3.05) is 19.7 Å². The van der Waals surface area contributed by atoms with E-state index in [0.717, 1.165) is 4.90 Å². The fourth-order valence-electron chi connectivity index (χ4n) is 2.40. The maximum Gasteiger partial charge on any atom is 0.325 e. The zero-order chi connectivity index (χ0) is 18.4. The van der Waals surface area contributed by atoms with Gasteiger partial charge in [0.15, 0.2) is 0 Å². The molecule has 0 radical (unpaired) electrons. The Morgan fingerprint density at radius 2 is 1.96 bits per heavy atom. The highest BCUT2D eigenvalue weighted by Gasteiger charge is 2.43. The summed E-state index contributed by atoms with van der Waals surface area (Å²) in [6.45, 7) is 4.25. The molecule has 136 valence electrons. The minimum atomic E-state index is -0.877. The molecule has 2 N–H and O–H groups in total. The fraction of sp³-hybridized carbons (Fsp3) is 0.471. The fourth-order valence-corrected chi connectivity index (χ4v) is 2.52. The van der Waals surface area contributed by atoms with Crippen LogP contribution in [0.3, 0.4) is 0 Å².